The summed E-state index contributed by atoms with van der Waals surface area (Å²) in [6.45, 7) is 1.68. The summed E-state index contributed by atoms with van der Waals surface area (Å²) in [6.07, 6.45) is 9.95. The zero-order valence-corrected chi connectivity index (χ0v) is 17.1. The highest BCUT2D eigenvalue weighted by Gasteiger charge is 2.42. The highest BCUT2D eigenvalue weighted by molar-refractivity contribution is 5.93. The second-order valence-electron chi connectivity index (χ2n) is 9.46. The number of fused-ring (bicyclic) bond motifs is 1. The Bertz CT molecular complexity index is 769. The van der Waals surface area contributed by atoms with Crippen molar-refractivity contribution in [2.24, 2.45) is 17.8 Å². The van der Waals surface area contributed by atoms with Crippen LogP contribution in [-0.2, 0) is 14.3 Å². The van der Waals surface area contributed by atoms with E-state index in [1.807, 2.05) is 12.1 Å². The molecule has 156 valence electrons. The van der Waals surface area contributed by atoms with Crippen molar-refractivity contribution in [1.82, 2.24) is 4.90 Å². The van der Waals surface area contributed by atoms with Crippen LogP contribution in [-0.4, -0.2) is 35.9 Å². The highest BCUT2D eigenvalue weighted by atomic mass is 16.5. The molecule has 2 amide bonds. The first-order chi connectivity index (χ1) is 14.2. The van der Waals surface area contributed by atoms with Gasteiger partial charge in [-0.25, -0.2) is 0 Å². The molecule has 0 bridgehead atoms. The van der Waals surface area contributed by atoms with E-state index in [4.69, 9.17) is 4.74 Å². The lowest BCUT2D eigenvalue weighted by Crippen LogP contribution is -2.46. The molecule has 2 aliphatic heterocycles. The van der Waals surface area contributed by atoms with Crippen LogP contribution in [0.3, 0.4) is 0 Å². The van der Waals surface area contributed by atoms with Crippen molar-refractivity contribution in [2.45, 2.75) is 70.0 Å². The van der Waals surface area contributed by atoms with Gasteiger partial charge in [-0.3, -0.25) is 9.59 Å². The molecular formula is C24H32N2O3. The fourth-order valence-electron chi connectivity index (χ4n) is 5.53. The highest BCUT2D eigenvalue weighted by Crippen LogP contribution is 2.42. The van der Waals surface area contributed by atoms with Crippen molar-refractivity contribution in [3.05, 3.63) is 29.8 Å². The van der Waals surface area contributed by atoms with E-state index in [1.54, 1.807) is 0 Å². The van der Waals surface area contributed by atoms with Gasteiger partial charge < -0.3 is 15.0 Å². The zero-order valence-electron chi connectivity index (χ0n) is 17.1. The summed E-state index contributed by atoms with van der Waals surface area (Å²) >= 11 is 0. The topological polar surface area (TPSA) is 58.6 Å². The Morgan fingerprint density at radius 3 is 2.55 bits per heavy atom. The van der Waals surface area contributed by atoms with E-state index in [2.05, 4.69) is 22.3 Å². The van der Waals surface area contributed by atoms with E-state index in [0.717, 1.165) is 69.3 Å². The molecule has 2 saturated carbocycles. The molecule has 29 heavy (non-hydrogen) atoms. The number of anilines is 1. The first-order valence-electron chi connectivity index (χ1n) is 11.5. The lowest BCUT2D eigenvalue weighted by molar-refractivity contribution is -0.138. The summed E-state index contributed by atoms with van der Waals surface area (Å²) in [4.78, 5) is 27.2. The smallest absolute Gasteiger partial charge is 0.227 e. The molecule has 1 aromatic rings. The third-order valence-corrected chi connectivity index (χ3v) is 7.54. The molecule has 4 fully saturated rings. The number of carbonyl (C=O) groups excluding carboxylic acids is 2. The second-order valence-corrected chi connectivity index (χ2v) is 9.46. The van der Waals surface area contributed by atoms with Gasteiger partial charge in [-0.2, -0.15) is 0 Å². The standard InChI is InChI=1S/C24H32N2O3/c27-23(16-7-3-8-16)25-20-10-4-9-18(13-20)22-14-19-15-26(12-11-21(19)29-22)24(28)17-5-1-2-6-17/h4,9-10,13,16-17,19,21-22H,1-3,5-8,11-12,14-15H2,(H,25,27). The van der Waals surface area contributed by atoms with Crippen LogP contribution in [0.2, 0.25) is 0 Å². The largest absolute Gasteiger partial charge is 0.370 e. The van der Waals surface area contributed by atoms with Crippen LogP contribution >= 0.6 is 0 Å². The summed E-state index contributed by atoms with van der Waals surface area (Å²) in [5.41, 5.74) is 2.01. The van der Waals surface area contributed by atoms with E-state index < -0.39 is 0 Å². The molecule has 4 aliphatic rings. The molecule has 1 N–H and O–H groups in total. The molecule has 2 saturated heterocycles. The van der Waals surface area contributed by atoms with E-state index >= 15 is 0 Å². The lowest BCUT2D eigenvalue weighted by Gasteiger charge is -2.35. The Labute approximate surface area is 173 Å². The average molecular weight is 397 g/mol. The minimum Gasteiger partial charge on any atom is -0.370 e. The van der Waals surface area contributed by atoms with Crippen LogP contribution in [0.15, 0.2) is 24.3 Å². The maximum absolute atomic E-state index is 12.8. The number of carbonyl (C=O) groups is 2. The van der Waals surface area contributed by atoms with Crippen LogP contribution in [0.5, 0.6) is 0 Å². The Kier molecular flexibility index (Phi) is 5.33. The molecule has 5 rings (SSSR count). The maximum Gasteiger partial charge on any atom is 0.227 e. The molecular weight excluding hydrogens is 364 g/mol. The van der Waals surface area contributed by atoms with Crippen molar-refractivity contribution in [3.8, 4) is 0 Å². The molecule has 0 aromatic heterocycles. The third kappa shape index (κ3) is 3.94. The number of nitrogens with one attached hydrogen (secondary N) is 1. The van der Waals surface area contributed by atoms with Gasteiger partial charge in [-0.1, -0.05) is 31.4 Å². The summed E-state index contributed by atoms with van der Waals surface area (Å²) in [5.74, 6) is 1.40. The van der Waals surface area contributed by atoms with Crippen molar-refractivity contribution in [1.29, 1.82) is 0 Å². The number of rotatable bonds is 4. The van der Waals surface area contributed by atoms with Gasteiger partial charge in [0.15, 0.2) is 0 Å². The number of hydrogen-bond acceptors (Lipinski definition) is 3. The molecule has 2 heterocycles. The van der Waals surface area contributed by atoms with Gasteiger partial charge in [0, 0.05) is 36.5 Å². The number of hydrogen-bond donors (Lipinski definition) is 1. The molecule has 0 spiro atoms. The number of nitrogens with zero attached hydrogens (tertiary/aromatic N) is 1. The third-order valence-electron chi connectivity index (χ3n) is 7.54. The normalized spacial score (nSPS) is 30.1. The van der Waals surface area contributed by atoms with Gasteiger partial charge in [0.05, 0.1) is 12.2 Å². The van der Waals surface area contributed by atoms with Gasteiger partial charge in [0.2, 0.25) is 11.8 Å². The molecule has 5 heteroatoms. The number of piperidine rings is 1. The molecule has 2 aliphatic carbocycles. The fraction of sp³-hybridized carbons (Fsp3) is 0.667. The maximum atomic E-state index is 12.8. The van der Waals surface area contributed by atoms with Gasteiger partial charge in [0.25, 0.3) is 0 Å². The average Bonchev–Trinajstić information content (AvgIpc) is 3.35. The predicted octanol–water partition coefficient (Wildman–Crippen LogP) is 4.29. The van der Waals surface area contributed by atoms with E-state index in [-0.39, 0.29) is 30.0 Å². The van der Waals surface area contributed by atoms with Crippen LogP contribution in [0.1, 0.15) is 69.5 Å². The Morgan fingerprint density at radius 2 is 1.79 bits per heavy atom. The Morgan fingerprint density at radius 1 is 1.00 bits per heavy atom. The zero-order chi connectivity index (χ0) is 19.8. The monoisotopic (exact) mass is 396 g/mol. The van der Waals surface area contributed by atoms with Gasteiger partial charge in [0.1, 0.15) is 0 Å². The molecule has 5 nitrogen and oxygen atoms in total. The summed E-state index contributed by atoms with van der Waals surface area (Å²) in [7, 11) is 0. The first-order valence-corrected chi connectivity index (χ1v) is 11.5. The second kappa shape index (κ2) is 8.10. The van der Waals surface area contributed by atoms with Crippen molar-refractivity contribution < 1.29 is 14.3 Å². The summed E-state index contributed by atoms with van der Waals surface area (Å²) in [5, 5.41) is 3.08. The van der Waals surface area contributed by atoms with Gasteiger partial charge in [-0.05, 0) is 56.2 Å². The van der Waals surface area contributed by atoms with Crippen LogP contribution in [0.25, 0.3) is 0 Å². The Hall–Kier alpha value is -1.88. The lowest BCUT2D eigenvalue weighted by atomic mass is 9.85. The van der Waals surface area contributed by atoms with Crippen LogP contribution in [0, 0.1) is 17.8 Å². The van der Waals surface area contributed by atoms with Crippen molar-refractivity contribution in [3.63, 3.8) is 0 Å². The quantitative estimate of drug-likeness (QED) is 0.826. The van der Waals surface area contributed by atoms with Gasteiger partial charge in [-0.15, -0.1) is 0 Å². The molecule has 3 atom stereocenters. The van der Waals surface area contributed by atoms with Crippen molar-refractivity contribution in [2.75, 3.05) is 18.4 Å². The van der Waals surface area contributed by atoms with Crippen LogP contribution < -0.4 is 5.32 Å². The van der Waals surface area contributed by atoms with Gasteiger partial charge >= 0.3 is 0 Å². The first kappa shape index (κ1) is 19.1. The van der Waals surface area contributed by atoms with Crippen molar-refractivity contribution >= 4 is 17.5 Å². The molecule has 3 unspecified atom stereocenters. The summed E-state index contributed by atoms with van der Waals surface area (Å²) in [6, 6.07) is 8.14. The van der Waals surface area contributed by atoms with E-state index in [9.17, 15) is 9.59 Å². The predicted molar refractivity (Wildman–Crippen MR) is 111 cm³/mol. The molecule has 0 radical (unpaired) electrons. The molecule has 1 aromatic carbocycles. The number of amides is 2. The SMILES string of the molecule is O=C(Nc1cccc(C2CC3CN(C(=O)C4CCCC4)CCC3O2)c1)C1CCC1. The fourth-order valence-corrected chi connectivity index (χ4v) is 5.53. The number of benzene rings is 1. The minimum absolute atomic E-state index is 0.0621. The van der Waals surface area contributed by atoms with Crippen LogP contribution in [0.4, 0.5) is 5.69 Å². The minimum atomic E-state index is 0.0621. The number of ether oxygens (including phenoxy) is 1. The Balaban J connectivity index is 1.21. The number of likely N-dealkylation sites (tertiary alicyclic amines) is 1. The summed E-state index contributed by atoms with van der Waals surface area (Å²) < 4.78 is 6.39. The van der Waals surface area contributed by atoms with E-state index in [0.29, 0.717) is 11.8 Å². The van der Waals surface area contributed by atoms with E-state index in [1.165, 1.54) is 12.8 Å².